The van der Waals surface area contributed by atoms with Crippen LogP contribution in [0.3, 0.4) is 0 Å². The number of benzene rings is 1. The number of rotatable bonds is 1. The first-order chi connectivity index (χ1) is 5.84. The summed E-state index contributed by atoms with van der Waals surface area (Å²) in [5, 5.41) is 1.24. The second kappa shape index (κ2) is 4.36. The first-order valence-corrected chi connectivity index (χ1v) is 9.21. The highest BCUT2D eigenvalue weighted by molar-refractivity contribution is 7.69. The Balaban J connectivity index is 3.35. The van der Waals surface area contributed by atoms with Gasteiger partial charge in [0.25, 0.3) is 0 Å². The van der Waals surface area contributed by atoms with E-state index in [0.29, 0.717) is 10.2 Å². The first kappa shape index (κ1) is 12.2. The van der Waals surface area contributed by atoms with Crippen molar-refractivity contribution in [1.82, 2.24) is 0 Å². The Kier molecular flexibility index (Phi) is 4.10. The zero-order valence-corrected chi connectivity index (χ0v) is 11.5. The first-order valence-electron chi connectivity index (χ1n) is 3.04. The molecule has 0 spiro atoms. The van der Waals surface area contributed by atoms with Crippen LogP contribution < -0.4 is 5.19 Å². The van der Waals surface area contributed by atoms with E-state index in [-0.39, 0.29) is 10.0 Å². The number of halogens is 6. The van der Waals surface area contributed by atoms with Crippen LogP contribution in [0.2, 0.25) is 15.1 Å². The molecule has 1 aromatic rings. The number of hydrogen-bond donors (Lipinski definition) is 0. The maximum absolute atomic E-state index is 5.85. The van der Waals surface area contributed by atoms with Gasteiger partial charge in [0.1, 0.15) is 0 Å². The van der Waals surface area contributed by atoms with Crippen LogP contribution in [0, 0.1) is 0 Å². The van der Waals surface area contributed by atoms with Gasteiger partial charge in [-0.15, -0.1) is 33.2 Å². The van der Waals surface area contributed by atoms with Gasteiger partial charge in [0.15, 0.2) is 0 Å². The van der Waals surface area contributed by atoms with Gasteiger partial charge in [-0.3, -0.25) is 0 Å². The van der Waals surface area contributed by atoms with Gasteiger partial charge in [-0.2, -0.15) is 0 Å². The van der Waals surface area contributed by atoms with Gasteiger partial charge in [0, 0.05) is 5.19 Å². The molecule has 0 radical (unpaired) electrons. The zero-order chi connectivity index (χ0) is 10.2. The van der Waals surface area contributed by atoms with Crippen LogP contribution in [0.4, 0.5) is 0 Å². The molecule has 0 bridgehead atoms. The lowest BCUT2D eigenvalue weighted by Gasteiger charge is -2.11. The van der Waals surface area contributed by atoms with E-state index >= 15 is 0 Å². The quantitative estimate of drug-likeness (QED) is 0.406. The molecule has 13 heavy (non-hydrogen) atoms. The van der Waals surface area contributed by atoms with E-state index < -0.39 is 6.00 Å². The van der Waals surface area contributed by atoms with Crippen LogP contribution in [0.5, 0.6) is 0 Å². The van der Waals surface area contributed by atoms with Crippen LogP contribution in [-0.4, -0.2) is 6.00 Å². The van der Waals surface area contributed by atoms with E-state index in [4.69, 9.17) is 68.0 Å². The predicted octanol–water partition coefficient (Wildman–Crippen LogP) is 4.51. The Morgan fingerprint density at radius 3 is 1.85 bits per heavy atom. The lowest BCUT2D eigenvalue weighted by atomic mass is 10.3. The molecule has 0 amide bonds. The fourth-order valence-corrected chi connectivity index (χ4v) is 4.28. The van der Waals surface area contributed by atoms with E-state index in [9.17, 15) is 0 Å². The van der Waals surface area contributed by atoms with Crippen molar-refractivity contribution >= 4 is 79.2 Å². The van der Waals surface area contributed by atoms with Gasteiger partial charge >= 0.3 is 6.00 Å². The lowest BCUT2D eigenvalue weighted by Crippen LogP contribution is -2.31. The van der Waals surface area contributed by atoms with E-state index in [0.717, 1.165) is 0 Å². The van der Waals surface area contributed by atoms with Crippen molar-refractivity contribution < 1.29 is 0 Å². The van der Waals surface area contributed by atoms with Crippen molar-refractivity contribution in [1.29, 1.82) is 0 Å². The SMILES string of the molecule is Clc1ccc([Si](Cl)(Cl)Cl)c(Cl)c1Cl. The molecule has 0 unspecified atom stereocenters. The topological polar surface area (TPSA) is 0 Å². The van der Waals surface area contributed by atoms with Crippen LogP contribution in [-0.2, 0) is 0 Å². The molecule has 1 rings (SSSR count). The average molecular weight is 315 g/mol. The summed E-state index contributed by atoms with van der Waals surface area (Å²) in [7, 11) is 0. The molecule has 0 heterocycles. The van der Waals surface area contributed by atoms with Gasteiger partial charge in [0.2, 0.25) is 0 Å². The highest BCUT2D eigenvalue weighted by Crippen LogP contribution is 2.32. The minimum atomic E-state index is -2.99. The van der Waals surface area contributed by atoms with Gasteiger partial charge in [-0.25, -0.2) is 0 Å². The summed E-state index contributed by atoms with van der Waals surface area (Å²) < 4.78 is 0. The zero-order valence-electron chi connectivity index (χ0n) is 5.92. The lowest BCUT2D eigenvalue weighted by molar-refractivity contribution is 1.75. The van der Waals surface area contributed by atoms with Crippen LogP contribution in [0.15, 0.2) is 12.1 Å². The molecule has 0 nitrogen and oxygen atoms in total. The molecule has 1 aromatic carbocycles. The van der Waals surface area contributed by atoms with Crippen molar-refractivity contribution in [3.63, 3.8) is 0 Å². The molecule has 7 heteroatoms. The highest BCUT2D eigenvalue weighted by Gasteiger charge is 2.31. The van der Waals surface area contributed by atoms with Gasteiger partial charge in [-0.05, 0) is 6.07 Å². The van der Waals surface area contributed by atoms with E-state index in [1.54, 1.807) is 12.1 Å². The summed E-state index contributed by atoms with van der Waals surface area (Å²) in [6.45, 7) is 0. The Morgan fingerprint density at radius 2 is 1.38 bits per heavy atom. The van der Waals surface area contributed by atoms with E-state index in [2.05, 4.69) is 0 Å². The monoisotopic (exact) mass is 312 g/mol. The molecule has 0 atom stereocenters. The van der Waals surface area contributed by atoms with Crippen molar-refractivity contribution in [3.8, 4) is 0 Å². The molecule has 0 aliphatic carbocycles. The summed E-state index contributed by atoms with van der Waals surface area (Å²) >= 11 is 34.6. The van der Waals surface area contributed by atoms with Crippen molar-refractivity contribution in [2.24, 2.45) is 0 Å². The molecule has 0 aliphatic rings. The molecule has 72 valence electrons. The molecule has 0 fully saturated rings. The molecule has 0 aromatic heterocycles. The largest absolute Gasteiger partial charge is 0.374 e. The fourth-order valence-electron chi connectivity index (χ4n) is 0.745. The summed E-state index contributed by atoms with van der Waals surface area (Å²) in [6.07, 6.45) is 0. The molecule has 0 N–H and O–H groups in total. The van der Waals surface area contributed by atoms with Crippen LogP contribution in [0.1, 0.15) is 0 Å². The smallest absolute Gasteiger partial charge is 0.121 e. The standard InChI is InChI=1S/C6H2Cl6Si/c7-3-1-2-4(13(10,11)12)6(9)5(3)8/h1-2H. The van der Waals surface area contributed by atoms with E-state index in [1.807, 2.05) is 0 Å². The van der Waals surface area contributed by atoms with Crippen LogP contribution in [0.25, 0.3) is 0 Å². The maximum Gasteiger partial charge on any atom is 0.374 e. The normalized spacial score (nSPS) is 11.8. The third-order valence-electron chi connectivity index (χ3n) is 1.34. The second-order valence-corrected chi connectivity index (χ2v) is 11.8. The van der Waals surface area contributed by atoms with Gasteiger partial charge in [-0.1, -0.05) is 40.9 Å². The number of hydrogen-bond acceptors (Lipinski definition) is 0. The molecular formula is C6H2Cl6Si. The van der Waals surface area contributed by atoms with Gasteiger partial charge < -0.3 is 0 Å². The van der Waals surface area contributed by atoms with Crippen molar-refractivity contribution in [2.45, 2.75) is 0 Å². The summed E-state index contributed by atoms with van der Waals surface area (Å²) in [6, 6.07) is 0.144. The third-order valence-corrected chi connectivity index (χ3v) is 5.65. The highest BCUT2D eigenvalue weighted by atomic mass is 35.8. The maximum atomic E-state index is 5.85. The Morgan fingerprint density at radius 1 is 0.846 bits per heavy atom. The van der Waals surface area contributed by atoms with Gasteiger partial charge in [0.05, 0.1) is 15.1 Å². The molecular weight excluding hydrogens is 313 g/mol. The van der Waals surface area contributed by atoms with E-state index in [1.165, 1.54) is 0 Å². The minimum absolute atomic E-state index is 0.222. The summed E-state index contributed by atoms with van der Waals surface area (Å²) in [5.74, 6) is 0. The average Bonchev–Trinajstić information content (AvgIpc) is 1.98. The van der Waals surface area contributed by atoms with Crippen molar-refractivity contribution in [3.05, 3.63) is 27.2 Å². The van der Waals surface area contributed by atoms with Crippen LogP contribution >= 0.6 is 68.0 Å². The van der Waals surface area contributed by atoms with Crippen molar-refractivity contribution in [2.75, 3.05) is 0 Å². The molecule has 0 saturated heterocycles. The fraction of sp³-hybridized carbons (Fsp3) is 0. The summed E-state index contributed by atoms with van der Waals surface area (Å²) in [5.41, 5.74) is 0. The Labute approximate surface area is 106 Å². The molecule has 0 aliphatic heterocycles. The Bertz CT molecular complexity index is 331. The third kappa shape index (κ3) is 2.82. The minimum Gasteiger partial charge on any atom is -0.121 e. The predicted molar refractivity (Wildman–Crippen MR) is 64.4 cm³/mol. The molecule has 0 saturated carbocycles. The summed E-state index contributed by atoms with van der Waals surface area (Å²) in [4.78, 5) is 0. The second-order valence-electron chi connectivity index (χ2n) is 2.22. The Hall–Kier alpha value is 1.18.